The lowest BCUT2D eigenvalue weighted by Crippen LogP contribution is -2.35. The number of piperidine rings is 1. The summed E-state index contributed by atoms with van der Waals surface area (Å²) in [5, 5.41) is 0. The Hall–Kier alpha value is -1.51. The molecule has 2 rings (SSSR count). The molecule has 3 nitrogen and oxygen atoms in total. The lowest BCUT2D eigenvalue weighted by molar-refractivity contribution is 0.0724. The van der Waals surface area contributed by atoms with E-state index >= 15 is 0 Å². The minimum Gasteiger partial charge on any atom is -0.378 e. The Morgan fingerprint density at radius 1 is 1.18 bits per heavy atom. The fourth-order valence-electron chi connectivity index (χ4n) is 2.20. The summed E-state index contributed by atoms with van der Waals surface area (Å²) in [6, 6.07) is 7.85. The highest BCUT2D eigenvalue weighted by molar-refractivity contribution is 5.95. The molecule has 1 aliphatic rings. The Labute approximate surface area is 103 Å². The van der Waals surface area contributed by atoms with Crippen LogP contribution in [-0.2, 0) is 0 Å². The van der Waals surface area contributed by atoms with Gasteiger partial charge >= 0.3 is 0 Å². The van der Waals surface area contributed by atoms with Crippen LogP contribution in [0.5, 0.6) is 0 Å². The number of hydrogen-bond acceptors (Lipinski definition) is 2. The van der Waals surface area contributed by atoms with Gasteiger partial charge in [0.05, 0.1) is 0 Å². The van der Waals surface area contributed by atoms with Crippen molar-refractivity contribution in [3.8, 4) is 0 Å². The van der Waals surface area contributed by atoms with E-state index in [1.54, 1.807) is 0 Å². The highest BCUT2D eigenvalue weighted by Crippen LogP contribution is 2.17. The molecule has 1 fully saturated rings. The third kappa shape index (κ3) is 2.78. The van der Waals surface area contributed by atoms with Crippen LogP contribution in [0.4, 0.5) is 5.69 Å². The fourth-order valence-corrected chi connectivity index (χ4v) is 2.20. The molecule has 0 N–H and O–H groups in total. The zero-order chi connectivity index (χ0) is 12.3. The minimum atomic E-state index is 0.174. The van der Waals surface area contributed by atoms with E-state index < -0.39 is 0 Å². The summed E-state index contributed by atoms with van der Waals surface area (Å²) in [5.74, 6) is 0.174. The van der Waals surface area contributed by atoms with Gasteiger partial charge in [-0.25, -0.2) is 0 Å². The average Bonchev–Trinajstić information content (AvgIpc) is 2.39. The summed E-state index contributed by atoms with van der Waals surface area (Å²) in [5.41, 5.74) is 1.88. The van der Waals surface area contributed by atoms with Crippen molar-refractivity contribution in [2.75, 3.05) is 32.1 Å². The van der Waals surface area contributed by atoms with Crippen molar-refractivity contribution >= 4 is 11.6 Å². The van der Waals surface area contributed by atoms with Crippen LogP contribution in [0.25, 0.3) is 0 Å². The molecule has 0 spiro atoms. The van der Waals surface area contributed by atoms with E-state index in [-0.39, 0.29) is 5.91 Å². The second-order valence-electron chi connectivity index (χ2n) is 4.80. The molecule has 3 heteroatoms. The van der Waals surface area contributed by atoms with Gasteiger partial charge in [-0.3, -0.25) is 4.79 Å². The highest BCUT2D eigenvalue weighted by atomic mass is 16.2. The standard InChI is InChI=1S/C14H20N2O/c1-15(2)13-8-6-7-12(11-13)14(17)16-9-4-3-5-10-16/h6-8,11H,3-5,9-10H2,1-2H3. The molecule has 0 saturated carbocycles. The predicted molar refractivity (Wildman–Crippen MR) is 70.5 cm³/mol. The number of likely N-dealkylation sites (tertiary alicyclic amines) is 1. The normalized spacial score (nSPS) is 15.8. The summed E-state index contributed by atoms with van der Waals surface area (Å²) in [6.45, 7) is 1.82. The van der Waals surface area contributed by atoms with E-state index in [9.17, 15) is 4.79 Å². The van der Waals surface area contributed by atoms with Gasteiger partial charge in [0, 0.05) is 38.4 Å². The number of amides is 1. The second-order valence-corrected chi connectivity index (χ2v) is 4.80. The molecule has 1 amide bonds. The molecular weight excluding hydrogens is 212 g/mol. The molecular formula is C14H20N2O. The fraction of sp³-hybridized carbons (Fsp3) is 0.500. The summed E-state index contributed by atoms with van der Waals surface area (Å²) in [7, 11) is 3.98. The summed E-state index contributed by atoms with van der Waals surface area (Å²) < 4.78 is 0. The van der Waals surface area contributed by atoms with Gasteiger partial charge in [-0.15, -0.1) is 0 Å². The maximum absolute atomic E-state index is 12.3. The monoisotopic (exact) mass is 232 g/mol. The molecule has 0 aliphatic carbocycles. The summed E-state index contributed by atoms with van der Waals surface area (Å²) in [4.78, 5) is 16.3. The van der Waals surface area contributed by atoms with Crippen molar-refractivity contribution < 1.29 is 4.79 Å². The zero-order valence-electron chi connectivity index (χ0n) is 10.6. The van der Waals surface area contributed by atoms with Crippen molar-refractivity contribution in [3.05, 3.63) is 29.8 Å². The molecule has 92 valence electrons. The van der Waals surface area contributed by atoms with Gasteiger partial charge in [-0.1, -0.05) is 6.07 Å². The molecule has 1 saturated heterocycles. The topological polar surface area (TPSA) is 23.6 Å². The SMILES string of the molecule is CN(C)c1cccc(C(=O)N2CCCCC2)c1. The number of benzene rings is 1. The van der Waals surface area contributed by atoms with Crippen LogP contribution in [0.15, 0.2) is 24.3 Å². The Morgan fingerprint density at radius 2 is 1.88 bits per heavy atom. The third-order valence-corrected chi connectivity index (χ3v) is 3.25. The van der Waals surface area contributed by atoms with Crippen LogP contribution in [0.3, 0.4) is 0 Å². The van der Waals surface area contributed by atoms with E-state index in [4.69, 9.17) is 0 Å². The van der Waals surface area contributed by atoms with E-state index in [0.717, 1.165) is 37.2 Å². The van der Waals surface area contributed by atoms with Crippen LogP contribution < -0.4 is 4.90 Å². The first-order valence-electron chi connectivity index (χ1n) is 6.25. The quantitative estimate of drug-likeness (QED) is 0.781. The Morgan fingerprint density at radius 3 is 2.53 bits per heavy atom. The molecule has 1 aliphatic heterocycles. The molecule has 1 heterocycles. The molecule has 1 aromatic carbocycles. The van der Waals surface area contributed by atoms with Crippen molar-refractivity contribution in [3.63, 3.8) is 0 Å². The van der Waals surface area contributed by atoms with Gasteiger partial charge in [-0.2, -0.15) is 0 Å². The molecule has 0 aromatic heterocycles. The van der Waals surface area contributed by atoms with Crippen LogP contribution in [0.2, 0.25) is 0 Å². The molecule has 0 atom stereocenters. The van der Waals surface area contributed by atoms with Crippen molar-refractivity contribution in [2.45, 2.75) is 19.3 Å². The molecule has 17 heavy (non-hydrogen) atoms. The van der Waals surface area contributed by atoms with Crippen LogP contribution >= 0.6 is 0 Å². The van der Waals surface area contributed by atoms with Crippen molar-refractivity contribution in [1.82, 2.24) is 4.90 Å². The number of hydrogen-bond donors (Lipinski definition) is 0. The lowest BCUT2D eigenvalue weighted by atomic mass is 10.1. The minimum absolute atomic E-state index is 0.174. The van der Waals surface area contributed by atoms with E-state index in [2.05, 4.69) is 0 Å². The van der Waals surface area contributed by atoms with E-state index in [1.165, 1.54) is 6.42 Å². The first-order chi connectivity index (χ1) is 8.18. The smallest absolute Gasteiger partial charge is 0.253 e. The number of rotatable bonds is 2. The van der Waals surface area contributed by atoms with Gasteiger partial charge in [0.15, 0.2) is 0 Å². The zero-order valence-corrected chi connectivity index (χ0v) is 10.6. The predicted octanol–water partition coefficient (Wildman–Crippen LogP) is 2.38. The van der Waals surface area contributed by atoms with Crippen LogP contribution in [-0.4, -0.2) is 38.0 Å². The number of carbonyl (C=O) groups is 1. The average molecular weight is 232 g/mol. The largest absolute Gasteiger partial charge is 0.378 e. The maximum Gasteiger partial charge on any atom is 0.253 e. The van der Waals surface area contributed by atoms with Crippen LogP contribution in [0, 0.1) is 0 Å². The maximum atomic E-state index is 12.3. The van der Waals surface area contributed by atoms with Gasteiger partial charge < -0.3 is 9.80 Å². The summed E-state index contributed by atoms with van der Waals surface area (Å²) >= 11 is 0. The molecule has 0 bridgehead atoms. The Bertz CT molecular complexity index is 395. The first kappa shape index (κ1) is 12.0. The van der Waals surface area contributed by atoms with Crippen molar-refractivity contribution in [2.24, 2.45) is 0 Å². The number of nitrogens with zero attached hydrogens (tertiary/aromatic N) is 2. The van der Waals surface area contributed by atoms with E-state index in [1.807, 2.05) is 48.2 Å². The summed E-state index contributed by atoms with van der Waals surface area (Å²) in [6.07, 6.45) is 3.53. The second kappa shape index (κ2) is 5.21. The molecule has 0 radical (unpaired) electrons. The number of carbonyl (C=O) groups excluding carboxylic acids is 1. The first-order valence-corrected chi connectivity index (χ1v) is 6.25. The van der Waals surface area contributed by atoms with E-state index in [0.29, 0.717) is 0 Å². The molecule has 1 aromatic rings. The van der Waals surface area contributed by atoms with Gasteiger partial charge in [0.1, 0.15) is 0 Å². The Kier molecular flexibility index (Phi) is 3.67. The van der Waals surface area contributed by atoms with Gasteiger partial charge in [-0.05, 0) is 37.5 Å². The molecule has 0 unspecified atom stereocenters. The lowest BCUT2D eigenvalue weighted by Gasteiger charge is -2.27. The highest BCUT2D eigenvalue weighted by Gasteiger charge is 2.18. The number of anilines is 1. The van der Waals surface area contributed by atoms with Gasteiger partial charge in [0.25, 0.3) is 5.91 Å². The van der Waals surface area contributed by atoms with Crippen LogP contribution in [0.1, 0.15) is 29.6 Å². The third-order valence-electron chi connectivity index (χ3n) is 3.25. The van der Waals surface area contributed by atoms with Gasteiger partial charge in [0.2, 0.25) is 0 Å². The van der Waals surface area contributed by atoms with Crippen molar-refractivity contribution in [1.29, 1.82) is 0 Å². The Balaban J connectivity index is 2.15.